The van der Waals surface area contributed by atoms with Crippen molar-refractivity contribution in [2.75, 3.05) is 13.2 Å². The van der Waals surface area contributed by atoms with E-state index < -0.39 is 0 Å². The van der Waals surface area contributed by atoms with Gasteiger partial charge in [0, 0.05) is 31.3 Å². The summed E-state index contributed by atoms with van der Waals surface area (Å²) in [6.07, 6.45) is 3.26. The maximum absolute atomic E-state index is 9.03. The third-order valence-electron chi connectivity index (χ3n) is 1.98. The van der Waals surface area contributed by atoms with E-state index in [2.05, 4.69) is 15.3 Å². The minimum absolute atomic E-state index is 0.0764. The molecule has 4 heteroatoms. The van der Waals surface area contributed by atoms with E-state index in [1.54, 1.807) is 6.20 Å². The van der Waals surface area contributed by atoms with Crippen LogP contribution >= 0.6 is 0 Å². The lowest BCUT2D eigenvalue weighted by molar-refractivity contribution is 0.156. The number of hydrogen-bond acceptors (Lipinski definition) is 4. The lowest BCUT2D eigenvalue weighted by atomic mass is 9.95. The molecule has 0 fully saturated rings. The van der Waals surface area contributed by atoms with E-state index in [0.29, 0.717) is 6.54 Å². The minimum atomic E-state index is -0.0764. The summed E-state index contributed by atoms with van der Waals surface area (Å²) in [6.45, 7) is 5.70. The molecule has 0 saturated heterocycles. The molecule has 0 amide bonds. The zero-order valence-corrected chi connectivity index (χ0v) is 8.70. The van der Waals surface area contributed by atoms with Crippen LogP contribution < -0.4 is 5.32 Å². The second-order valence-corrected chi connectivity index (χ2v) is 4.13. The van der Waals surface area contributed by atoms with Gasteiger partial charge >= 0.3 is 0 Å². The molecule has 1 rings (SSSR count). The van der Waals surface area contributed by atoms with Crippen LogP contribution in [0, 0.1) is 5.41 Å². The van der Waals surface area contributed by atoms with Crippen LogP contribution in [0.15, 0.2) is 18.6 Å². The molecule has 1 aromatic heterocycles. The number of aliphatic hydroxyl groups excluding tert-OH is 1. The van der Waals surface area contributed by atoms with Crippen LogP contribution in [0.25, 0.3) is 0 Å². The summed E-state index contributed by atoms with van der Waals surface area (Å²) in [5, 5.41) is 12.3. The molecule has 0 aliphatic rings. The fourth-order valence-corrected chi connectivity index (χ4v) is 1.01. The average molecular weight is 195 g/mol. The largest absolute Gasteiger partial charge is 0.396 e. The molecule has 4 nitrogen and oxygen atoms in total. The van der Waals surface area contributed by atoms with Crippen molar-refractivity contribution in [3.63, 3.8) is 0 Å². The molecule has 0 aliphatic heterocycles. The molecule has 0 saturated carbocycles. The molecule has 0 radical (unpaired) electrons. The summed E-state index contributed by atoms with van der Waals surface area (Å²) in [6, 6.07) is 1.87. The Morgan fingerprint density at radius 3 is 2.86 bits per heavy atom. The van der Waals surface area contributed by atoms with Crippen LogP contribution in [-0.2, 0) is 6.54 Å². The first-order valence-corrected chi connectivity index (χ1v) is 4.70. The molecule has 0 aliphatic carbocycles. The van der Waals surface area contributed by atoms with Crippen molar-refractivity contribution in [3.8, 4) is 0 Å². The lowest BCUT2D eigenvalue weighted by Gasteiger charge is -2.21. The highest BCUT2D eigenvalue weighted by molar-refractivity contribution is 4.97. The molecule has 0 bridgehead atoms. The quantitative estimate of drug-likeness (QED) is 0.721. The van der Waals surface area contributed by atoms with Crippen LogP contribution in [-0.4, -0.2) is 28.2 Å². The van der Waals surface area contributed by atoms with E-state index in [-0.39, 0.29) is 12.0 Å². The van der Waals surface area contributed by atoms with E-state index in [0.717, 1.165) is 12.2 Å². The number of nitrogens with zero attached hydrogens (tertiary/aromatic N) is 2. The van der Waals surface area contributed by atoms with Crippen LogP contribution in [0.5, 0.6) is 0 Å². The van der Waals surface area contributed by atoms with Crippen LogP contribution in [0.2, 0.25) is 0 Å². The number of aliphatic hydroxyl groups is 1. The monoisotopic (exact) mass is 195 g/mol. The Kier molecular flexibility index (Phi) is 3.98. The highest BCUT2D eigenvalue weighted by Crippen LogP contribution is 2.11. The molecule has 0 spiro atoms. The molecule has 78 valence electrons. The molecule has 0 unspecified atom stereocenters. The van der Waals surface area contributed by atoms with Gasteiger partial charge in [0.15, 0.2) is 0 Å². The van der Waals surface area contributed by atoms with Gasteiger partial charge in [-0.3, -0.25) is 0 Å². The molecule has 1 aromatic rings. The van der Waals surface area contributed by atoms with Gasteiger partial charge in [0.05, 0.1) is 5.69 Å². The molecule has 14 heavy (non-hydrogen) atoms. The molecule has 0 atom stereocenters. The zero-order valence-electron chi connectivity index (χ0n) is 8.70. The van der Waals surface area contributed by atoms with E-state index in [1.807, 2.05) is 19.9 Å². The Morgan fingerprint density at radius 1 is 1.50 bits per heavy atom. The average Bonchev–Trinajstić information content (AvgIpc) is 2.19. The van der Waals surface area contributed by atoms with Crippen LogP contribution in [0.3, 0.4) is 0 Å². The fourth-order valence-electron chi connectivity index (χ4n) is 1.01. The number of rotatable bonds is 5. The predicted molar refractivity (Wildman–Crippen MR) is 54.6 cm³/mol. The van der Waals surface area contributed by atoms with E-state index >= 15 is 0 Å². The van der Waals surface area contributed by atoms with Crippen molar-refractivity contribution in [2.45, 2.75) is 20.4 Å². The molecule has 0 aromatic carbocycles. The first-order valence-electron chi connectivity index (χ1n) is 4.70. The van der Waals surface area contributed by atoms with Crippen molar-refractivity contribution in [2.24, 2.45) is 5.41 Å². The fraction of sp³-hybridized carbons (Fsp3) is 0.600. The predicted octanol–water partition coefficient (Wildman–Crippen LogP) is 0.585. The summed E-state index contributed by atoms with van der Waals surface area (Å²) in [4.78, 5) is 7.93. The van der Waals surface area contributed by atoms with Gasteiger partial charge < -0.3 is 10.4 Å². The summed E-state index contributed by atoms with van der Waals surface area (Å²) >= 11 is 0. The number of nitrogens with one attached hydrogen (secondary N) is 1. The Balaban J connectivity index is 2.29. The third-order valence-corrected chi connectivity index (χ3v) is 1.98. The molecule has 2 N–H and O–H groups in total. The number of aromatic nitrogens is 2. The molecule has 1 heterocycles. The van der Waals surface area contributed by atoms with Crippen LogP contribution in [0.4, 0.5) is 0 Å². The van der Waals surface area contributed by atoms with E-state index in [4.69, 9.17) is 5.11 Å². The maximum Gasteiger partial charge on any atom is 0.115 e. The van der Waals surface area contributed by atoms with Crippen molar-refractivity contribution in [1.82, 2.24) is 15.3 Å². The van der Waals surface area contributed by atoms with Crippen molar-refractivity contribution in [3.05, 3.63) is 24.3 Å². The zero-order chi connectivity index (χ0) is 10.4. The van der Waals surface area contributed by atoms with Gasteiger partial charge in [-0.25, -0.2) is 9.97 Å². The summed E-state index contributed by atoms with van der Waals surface area (Å²) in [5.41, 5.74) is 0.890. The van der Waals surface area contributed by atoms with Gasteiger partial charge in [0.25, 0.3) is 0 Å². The van der Waals surface area contributed by atoms with Crippen molar-refractivity contribution >= 4 is 0 Å². The normalized spacial score (nSPS) is 11.6. The van der Waals surface area contributed by atoms with Gasteiger partial charge in [0.2, 0.25) is 0 Å². The third kappa shape index (κ3) is 3.81. The van der Waals surface area contributed by atoms with Gasteiger partial charge in [0.1, 0.15) is 6.33 Å². The summed E-state index contributed by atoms with van der Waals surface area (Å²) in [5.74, 6) is 0. The minimum Gasteiger partial charge on any atom is -0.396 e. The Morgan fingerprint density at radius 2 is 2.29 bits per heavy atom. The van der Waals surface area contributed by atoms with Gasteiger partial charge in [-0.1, -0.05) is 13.8 Å². The van der Waals surface area contributed by atoms with E-state index in [1.165, 1.54) is 6.33 Å². The maximum atomic E-state index is 9.03. The number of hydrogen-bond donors (Lipinski definition) is 2. The first kappa shape index (κ1) is 11.1. The first-order chi connectivity index (χ1) is 6.64. The van der Waals surface area contributed by atoms with Crippen LogP contribution in [0.1, 0.15) is 19.5 Å². The SMILES string of the molecule is CC(C)(CO)CNCc1ccncn1. The standard InChI is InChI=1S/C10H17N3O/c1-10(2,7-14)6-12-5-9-3-4-11-8-13-9/h3-4,8,12,14H,5-7H2,1-2H3. The highest BCUT2D eigenvalue weighted by atomic mass is 16.3. The van der Waals surface area contributed by atoms with Gasteiger partial charge in [-0.2, -0.15) is 0 Å². The Labute approximate surface area is 84.4 Å². The highest BCUT2D eigenvalue weighted by Gasteiger charge is 2.15. The Bertz CT molecular complexity index is 261. The summed E-state index contributed by atoms with van der Waals surface area (Å²) in [7, 11) is 0. The summed E-state index contributed by atoms with van der Waals surface area (Å²) < 4.78 is 0. The second kappa shape index (κ2) is 5.02. The van der Waals surface area contributed by atoms with Crippen molar-refractivity contribution < 1.29 is 5.11 Å². The molecular formula is C10H17N3O. The van der Waals surface area contributed by atoms with Gasteiger partial charge in [-0.15, -0.1) is 0 Å². The Hall–Kier alpha value is -1.00. The topological polar surface area (TPSA) is 58.0 Å². The lowest BCUT2D eigenvalue weighted by Crippen LogP contribution is -2.32. The van der Waals surface area contributed by atoms with Crippen molar-refractivity contribution in [1.29, 1.82) is 0 Å². The molecular weight excluding hydrogens is 178 g/mol. The second-order valence-electron chi connectivity index (χ2n) is 4.13. The van der Waals surface area contributed by atoms with E-state index in [9.17, 15) is 0 Å². The van der Waals surface area contributed by atoms with Gasteiger partial charge in [-0.05, 0) is 6.07 Å². The smallest absolute Gasteiger partial charge is 0.115 e.